The average molecular weight is 323 g/mol. The van der Waals surface area contributed by atoms with E-state index in [1.807, 2.05) is 0 Å². The van der Waals surface area contributed by atoms with Gasteiger partial charge in [0.2, 0.25) is 5.82 Å². The van der Waals surface area contributed by atoms with E-state index in [1.54, 1.807) is 24.1 Å². The number of aromatic nitrogens is 2. The van der Waals surface area contributed by atoms with Crippen molar-refractivity contribution >= 4 is 34.6 Å². The topological polar surface area (TPSA) is 55.0 Å². The molecule has 2 aromatic heterocycles. The molecule has 0 spiro atoms. The molecule has 0 radical (unpaired) electrons. The summed E-state index contributed by atoms with van der Waals surface area (Å²) in [5.74, 6) is -1.36. The smallest absolute Gasteiger partial charge is 0.384 e. The molecule has 9 heteroatoms. The second-order valence-electron chi connectivity index (χ2n) is 4.03. The Balaban J connectivity index is 2.25. The molecular weight excluding hydrogens is 313 g/mol. The normalized spacial score (nSPS) is 11.7. The number of halogens is 4. The Morgan fingerprint density at radius 3 is 2.60 bits per heavy atom. The van der Waals surface area contributed by atoms with E-state index in [0.717, 1.165) is 4.88 Å². The van der Waals surface area contributed by atoms with Crippen LogP contribution in [0.2, 0.25) is 4.34 Å². The van der Waals surface area contributed by atoms with Gasteiger partial charge in [-0.1, -0.05) is 11.6 Å². The molecule has 0 fully saturated rings. The van der Waals surface area contributed by atoms with Gasteiger partial charge in [-0.2, -0.15) is 13.2 Å². The molecule has 0 aromatic carbocycles. The van der Waals surface area contributed by atoms with Crippen molar-refractivity contribution in [2.75, 3.05) is 17.7 Å². The molecule has 2 rings (SSSR count). The van der Waals surface area contributed by atoms with Gasteiger partial charge in [0.15, 0.2) is 0 Å². The molecule has 4 nitrogen and oxygen atoms in total. The van der Waals surface area contributed by atoms with E-state index in [0.29, 0.717) is 10.9 Å². The van der Waals surface area contributed by atoms with E-state index in [1.165, 1.54) is 17.4 Å². The molecule has 20 heavy (non-hydrogen) atoms. The lowest BCUT2D eigenvalue weighted by molar-refractivity contribution is -0.144. The van der Waals surface area contributed by atoms with Crippen molar-refractivity contribution in [2.24, 2.45) is 0 Å². The Labute approximate surface area is 122 Å². The summed E-state index contributed by atoms with van der Waals surface area (Å²) in [5, 5.41) is 0. The first-order valence-electron chi connectivity index (χ1n) is 5.43. The highest BCUT2D eigenvalue weighted by molar-refractivity contribution is 7.16. The van der Waals surface area contributed by atoms with Crippen LogP contribution in [0.25, 0.3) is 0 Å². The maximum absolute atomic E-state index is 12.6. The Hall–Kier alpha value is -1.54. The third-order valence-corrected chi connectivity index (χ3v) is 3.61. The van der Waals surface area contributed by atoms with Crippen LogP contribution in [0.5, 0.6) is 0 Å². The van der Waals surface area contributed by atoms with Crippen LogP contribution < -0.4 is 10.6 Å². The molecule has 0 aliphatic heterocycles. The van der Waals surface area contributed by atoms with Crippen LogP contribution in [0.1, 0.15) is 10.7 Å². The lowest BCUT2D eigenvalue weighted by Crippen LogP contribution is -2.21. The minimum atomic E-state index is -4.63. The van der Waals surface area contributed by atoms with Crippen LogP contribution in [0, 0.1) is 0 Å². The van der Waals surface area contributed by atoms with Crippen molar-refractivity contribution in [1.29, 1.82) is 0 Å². The van der Waals surface area contributed by atoms with E-state index in [-0.39, 0.29) is 11.6 Å². The zero-order valence-electron chi connectivity index (χ0n) is 10.3. The van der Waals surface area contributed by atoms with Crippen LogP contribution >= 0.6 is 22.9 Å². The summed E-state index contributed by atoms with van der Waals surface area (Å²) in [4.78, 5) is 9.14. The lowest BCUT2D eigenvalue weighted by atomic mass is 10.4. The van der Waals surface area contributed by atoms with E-state index in [2.05, 4.69) is 9.97 Å². The van der Waals surface area contributed by atoms with E-state index in [9.17, 15) is 13.2 Å². The number of alkyl halides is 3. The van der Waals surface area contributed by atoms with Crippen LogP contribution in [-0.2, 0) is 12.7 Å². The van der Waals surface area contributed by atoms with Gasteiger partial charge in [-0.3, -0.25) is 0 Å². The molecule has 0 bridgehead atoms. The number of hydrogen-bond donors (Lipinski definition) is 1. The largest absolute Gasteiger partial charge is 0.451 e. The van der Waals surface area contributed by atoms with Gasteiger partial charge in [0, 0.05) is 18.0 Å². The van der Waals surface area contributed by atoms with Crippen molar-refractivity contribution in [3.05, 3.63) is 33.2 Å². The summed E-state index contributed by atoms with van der Waals surface area (Å²) in [7, 11) is 1.62. The zero-order valence-corrected chi connectivity index (χ0v) is 11.9. The number of hydrogen-bond acceptors (Lipinski definition) is 5. The summed E-state index contributed by atoms with van der Waals surface area (Å²) < 4.78 is 38.5. The molecule has 0 aliphatic carbocycles. The fraction of sp³-hybridized carbons (Fsp3) is 0.273. The number of nitrogens with two attached hydrogens (primary N) is 1. The molecular formula is C11H10ClF3N4S. The van der Waals surface area contributed by atoms with Gasteiger partial charge in [0.25, 0.3) is 0 Å². The maximum Gasteiger partial charge on any atom is 0.451 e. The first kappa shape index (κ1) is 14.9. The van der Waals surface area contributed by atoms with Gasteiger partial charge < -0.3 is 10.6 Å². The van der Waals surface area contributed by atoms with Gasteiger partial charge in [0.05, 0.1) is 10.9 Å². The second kappa shape index (κ2) is 5.45. The van der Waals surface area contributed by atoms with Crippen molar-refractivity contribution in [2.45, 2.75) is 12.7 Å². The minimum absolute atomic E-state index is 0.106. The molecule has 0 atom stereocenters. The second-order valence-corrected chi connectivity index (χ2v) is 5.83. The van der Waals surface area contributed by atoms with E-state index < -0.39 is 12.0 Å². The first-order valence-corrected chi connectivity index (χ1v) is 6.62. The lowest BCUT2D eigenvalue weighted by Gasteiger charge is -2.18. The molecule has 2 aromatic rings. The first-order chi connectivity index (χ1) is 9.25. The summed E-state index contributed by atoms with van der Waals surface area (Å²) in [6.07, 6.45) is -4.63. The van der Waals surface area contributed by atoms with Gasteiger partial charge in [-0.05, 0) is 12.1 Å². The van der Waals surface area contributed by atoms with Crippen LogP contribution in [-0.4, -0.2) is 17.0 Å². The summed E-state index contributed by atoms with van der Waals surface area (Å²) in [6.45, 7) is 0.380. The SMILES string of the molecule is CN(Cc1ccc(Cl)s1)c1cc(N)nc(C(F)(F)F)n1. The molecule has 0 aliphatic rings. The van der Waals surface area contributed by atoms with Crippen molar-refractivity contribution in [3.8, 4) is 0 Å². The van der Waals surface area contributed by atoms with Crippen LogP contribution in [0.4, 0.5) is 24.8 Å². The molecule has 2 heterocycles. The molecule has 0 amide bonds. The average Bonchev–Trinajstić information content (AvgIpc) is 2.72. The van der Waals surface area contributed by atoms with Crippen molar-refractivity contribution in [3.63, 3.8) is 0 Å². The van der Waals surface area contributed by atoms with Gasteiger partial charge in [-0.15, -0.1) is 11.3 Å². The third-order valence-electron chi connectivity index (χ3n) is 2.40. The standard InChI is InChI=1S/C11H10ClF3N4S/c1-19(5-6-2-3-7(12)20-6)9-4-8(16)17-10(18-9)11(13,14)15/h2-4H,5H2,1H3,(H2,16,17,18). The fourth-order valence-corrected chi connectivity index (χ4v) is 2.67. The Morgan fingerprint density at radius 2 is 2.05 bits per heavy atom. The zero-order chi connectivity index (χ0) is 14.9. The monoisotopic (exact) mass is 322 g/mol. The van der Waals surface area contributed by atoms with Crippen LogP contribution in [0.15, 0.2) is 18.2 Å². The summed E-state index contributed by atoms with van der Waals surface area (Å²) >= 11 is 7.16. The Morgan fingerprint density at radius 1 is 1.35 bits per heavy atom. The number of anilines is 2. The molecule has 2 N–H and O–H groups in total. The molecule has 0 unspecified atom stereocenters. The predicted octanol–water partition coefficient (Wildman–Crippen LogP) is 3.43. The number of rotatable bonds is 3. The van der Waals surface area contributed by atoms with Crippen LogP contribution in [0.3, 0.4) is 0 Å². The molecule has 0 saturated heterocycles. The van der Waals surface area contributed by atoms with Gasteiger partial charge in [-0.25, -0.2) is 9.97 Å². The third kappa shape index (κ3) is 3.51. The van der Waals surface area contributed by atoms with Crippen molar-refractivity contribution in [1.82, 2.24) is 9.97 Å². The number of thiophene rings is 1. The minimum Gasteiger partial charge on any atom is -0.384 e. The predicted molar refractivity (Wildman–Crippen MR) is 72.9 cm³/mol. The quantitative estimate of drug-likeness (QED) is 0.940. The number of nitrogens with zero attached hydrogens (tertiary/aromatic N) is 3. The van der Waals surface area contributed by atoms with Gasteiger partial charge in [0.1, 0.15) is 11.6 Å². The number of nitrogen functional groups attached to an aromatic ring is 1. The fourth-order valence-electron chi connectivity index (χ4n) is 1.53. The summed E-state index contributed by atoms with van der Waals surface area (Å²) in [6, 6.07) is 4.83. The van der Waals surface area contributed by atoms with Crippen molar-refractivity contribution < 1.29 is 13.2 Å². The Bertz CT molecular complexity index is 614. The van der Waals surface area contributed by atoms with Gasteiger partial charge >= 0.3 is 6.18 Å². The summed E-state index contributed by atoms with van der Waals surface area (Å²) in [5.41, 5.74) is 5.40. The Kier molecular flexibility index (Phi) is 4.05. The highest BCUT2D eigenvalue weighted by Gasteiger charge is 2.35. The molecule has 108 valence electrons. The van der Waals surface area contributed by atoms with E-state index >= 15 is 0 Å². The molecule has 0 saturated carbocycles. The highest BCUT2D eigenvalue weighted by Crippen LogP contribution is 2.29. The maximum atomic E-state index is 12.6. The highest BCUT2D eigenvalue weighted by atomic mass is 35.5. The van der Waals surface area contributed by atoms with E-state index in [4.69, 9.17) is 17.3 Å².